The van der Waals surface area contributed by atoms with Crippen molar-refractivity contribution in [3.8, 4) is 0 Å². The molecule has 2 N–H and O–H groups in total. The Morgan fingerprint density at radius 3 is 1.44 bits per heavy atom. The van der Waals surface area contributed by atoms with Crippen LogP contribution in [0.25, 0.3) is 0 Å². The summed E-state index contributed by atoms with van der Waals surface area (Å²) in [6.45, 7) is 8.45. The van der Waals surface area contributed by atoms with Gasteiger partial charge in [0.15, 0.2) is 0 Å². The van der Waals surface area contributed by atoms with Gasteiger partial charge in [0.1, 0.15) is 0 Å². The quantitative estimate of drug-likeness (QED) is 0.645. The van der Waals surface area contributed by atoms with Crippen molar-refractivity contribution < 1.29 is 0 Å². The molecule has 9 heavy (non-hydrogen) atoms. The molecule has 0 aliphatic carbocycles. The minimum atomic E-state index is -0.0909. The fraction of sp³-hybridized carbons (Fsp3) is 1.00. The third-order valence-corrected chi connectivity index (χ3v) is 3.61. The molecule has 0 atom stereocenters. The molecule has 1 nitrogen and oxygen atoms in total. The van der Waals surface area contributed by atoms with Gasteiger partial charge in [-0.15, -0.1) is 0 Å². The monoisotopic (exact) mass is 147 g/mol. The van der Waals surface area contributed by atoms with E-state index in [-0.39, 0.29) is 10.3 Å². The van der Waals surface area contributed by atoms with Crippen LogP contribution in [0, 0.1) is 0 Å². The van der Waals surface area contributed by atoms with Crippen LogP contribution in [0.1, 0.15) is 27.7 Å². The molecule has 0 saturated carbocycles. The zero-order valence-electron chi connectivity index (χ0n) is 6.99. The molecule has 0 spiro atoms. The lowest BCUT2D eigenvalue weighted by molar-refractivity contribution is 0.413. The Labute approximate surface area is 62.4 Å². The van der Waals surface area contributed by atoms with Crippen molar-refractivity contribution in [2.75, 3.05) is 6.26 Å². The molecule has 0 aliphatic heterocycles. The number of rotatable bonds is 2. The van der Waals surface area contributed by atoms with E-state index in [9.17, 15) is 0 Å². The zero-order chi connectivity index (χ0) is 7.71. The van der Waals surface area contributed by atoms with Crippen molar-refractivity contribution >= 4 is 11.8 Å². The molecule has 0 fully saturated rings. The third-order valence-electron chi connectivity index (χ3n) is 2.06. The first-order valence-corrected chi connectivity index (χ1v) is 4.38. The maximum absolute atomic E-state index is 5.90. The summed E-state index contributed by atoms with van der Waals surface area (Å²) in [7, 11) is 0. The van der Waals surface area contributed by atoms with Crippen LogP contribution in [0.5, 0.6) is 0 Å². The van der Waals surface area contributed by atoms with Crippen molar-refractivity contribution in [1.29, 1.82) is 0 Å². The maximum atomic E-state index is 5.90. The fourth-order valence-electron chi connectivity index (χ4n) is 0.263. The molecule has 0 aromatic rings. The lowest BCUT2D eigenvalue weighted by atomic mass is 9.91. The van der Waals surface area contributed by atoms with Gasteiger partial charge >= 0.3 is 0 Å². The molecule has 0 aromatic carbocycles. The number of hydrogen-bond donors (Lipinski definition) is 1. The summed E-state index contributed by atoms with van der Waals surface area (Å²) in [4.78, 5) is 0. The first kappa shape index (κ1) is 9.31. The highest BCUT2D eigenvalue weighted by Crippen LogP contribution is 2.31. The smallest absolute Gasteiger partial charge is 0.0275 e. The predicted molar refractivity (Wildman–Crippen MR) is 45.9 cm³/mol. The molecule has 0 amide bonds. The molecule has 0 saturated heterocycles. The van der Waals surface area contributed by atoms with E-state index in [1.807, 2.05) is 11.8 Å². The Balaban J connectivity index is 4.14. The molecule has 0 heterocycles. The van der Waals surface area contributed by atoms with Gasteiger partial charge in [-0.25, -0.2) is 0 Å². The summed E-state index contributed by atoms with van der Waals surface area (Å²) >= 11 is 1.81. The van der Waals surface area contributed by atoms with Gasteiger partial charge in [-0.05, 0) is 34.0 Å². The van der Waals surface area contributed by atoms with Gasteiger partial charge in [0.05, 0.1) is 0 Å². The zero-order valence-corrected chi connectivity index (χ0v) is 7.80. The molecule has 0 rings (SSSR count). The molecular weight excluding hydrogens is 130 g/mol. The van der Waals surface area contributed by atoms with Crippen LogP contribution in [0.2, 0.25) is 0 Å². The van der Waals surface area contributed by atoms with Gasteiger partial charge in [0.25, 0.3) is 0 Å². The molecule has 0 aliphatic rings. The van der Waals surface area contributed by atoms with Crippen molar-refractivity contribution in [3.63, 3.8) is 0 Å². The van der Waals surface area contributed by atoms with E-state index in [2.05, 4.69) is 34.0 Å². The van der Waals surface area contributed by atoms with Crippen molar-refractivity contribution in [3.05, 3.63) is 0 Å². The van der Waals surface area contributed by atoms with Crippen molar-refractivity contribution in [2.24, 2.45) is 5.73 Å². The molecule has 0 bridgehead atoms. The molecule has 0 radical (unpaired) electrons. The second kappa shape index (κ2) is 2.51. The first-order valence-electron chi connectivity index (χ1n) is 3.15. The Morgan fingerprint density at radius 1 is 1.11 bits per heavy atom. The summed E-state index contributed by atoms with van der Waals surface area (Å²) in [6.07, 6.45) is 2.09. The average Bonchev–Trinajstić information content (AvgIpc) is 1.64. The summed E-state index contributed by atoms with van der Waals surface area (Å²) in [5.74, 6) is 0. The second-order valence-corrected chi connectivity index (χ2v) is 4.86. The van der Waals surface area contributed by atoms with E-state index < -0.39 is 0 Å². The van der Waals surface area contributed by atoms with Crippen LogP contribution >= 0.6 is 11.8 Å². The fourth-order valence-corrected chi connectivity index (χ4v) is 0.789. The van der Waals surface area contributed by atoms with E-state index in [1.54, 1.807) is 0 Å². The highest BCUT2D eigenvalue weighted by molar-refractivity contribution is 8.00. The van der Waals surface area contributed by atoms with E-state index in [0.717, 1.165) is 0 Å². The topological polar surface area (TPSA) is 26.0 Å². The van der Waals surface area contributed by atoms with Crippen LogP contribution in [-0.2, 0) is 0 Å². The first-order chi connectivity index (χ1) is 3.81. The van der Waals surface area contributed by atoms with Gasteiger partial charge < -0.3 is 5.73 Å². The second-order valence-electron chi connectivity index (χ2n) is 3.44. The molecule has 0 unspecified atom stereocenters. The normalized spacial score (nSPS) is 14.0. The van der Waals surface area contributed by atoms with Crippen LogP contribution < -0.4 is 5.73 Å². The van der Waals surface area contributed by atoms with E-state index in [4.69, 9.17) is 5.73 Å². The van der Waals surface area contributed by atoms with Gasteiger partial charge in [0, 0.05) is 10.3 Å². The number of thioether (sulfide) groups is 1. The van der Waals surface area contributed by atoms with Crippen LogP contribution in [0.4, 0.5) is 0 Å². The SMILES string of the molecule is CSC(C)(C)C(C)(C)N. The Bertz CT molecular complexity index is 91.6. The van der Waals surface area contributed by atoms with Gasteiger partial charge in [-0.1, -0.05) is 0 Å². The summed E-state index contributed by atoms with van der Waals surface area (Å²) in [5.41, 5.74) is 5.81. The van der Waals surface area contributed by atoms with E-state index >= 15 is 0 Å². The highest BCUT2D eigenvalue weighted by atomic mass is 32.2. The average molecular weight is 147 g/mol. The standard InChI is InChI=1S/C7H17NS/c1-6(2,8)7(3,4)9-5/h8H2,1-5H3. The van der Waals surface area contributed by atoms with Gasteiger partial charge in [0.2, 0.25) is 0 Å². The van der Waals surface area contributed by atoms with Gasteiger partial charge in [-0.3, -0.25) is 0 Å². The summed E-state index contributed by atoms with van der Waals surface area (Å²) in [5, 5.41) is 0. The predicted octanol–water partition coefficient (Wildman–Crippen LogP) is 1.87. The van der Waals surface area contributed by atoms with Gasteiger partial charge in [-0.2, -0.15) is 11.8 Å². The minimum Gasteiger partial charge on any atom is -0.324 e. The molecule has 2 heteroatoms. The molecule has 0 aromatic heterocycles. The van der Waals surface area contributed by atoms with Crippen LogP contribution in [0.15, 0.2) is 0 Å². The largest absolute Gasteiger partial charge is 0.324 e. The lowest BCUT2D eigenvalue weighted by Gasteiger charge is -2.36. The molecule has 56 valence electrons. The molecular formula is C7H17NS. The Kier molecular flexibility index (Phi) is 2.59. The Morgan fingerprint density at radius 2 is 1.44 bits per heavy atom. The van der Waals surface area contributed by atoms with Crippen molar-refractivity contribution in [1.82, 2.24) is 0 Å². The van der Waals surface area contributed by atoms with Crippen LogP contribution in [0.3, 0.4) is 0 Å². The Hall–Kier alpha value is 0.310. The minimum absolute atomic E-state index is 0.0909. The highest BCUT2D eigenvalue weighted by Gasteiger charge is 2.31. The van der Waals surface area contributed by atoms with Crippen molar-refractivity contribution in [2.45, 2.75) is 38.0 Å². The number of nitrogens with two attached hydrogens (primary N) is 1. The number of hydrogen-bond acceptors (Lipinski definition) is 2. The summed E-state index contributed by atoms with van der Waals surface area (Å²) < 4.78 is 0.174. The van der Waals surface area contributed by atoms with E-state index in [0.29, 0.717) is 0 Å². The summed E-state index contributed by atoms with van der Waals surface area (Å²) in [6, 6.07) is 0. The third kappa shape index (κ3) is 2.18. The maximum Gasteiger partial charge on any atom is 0.0275 e. The van der Waals surface area contributed by atoms with Crippen LogP contribution in [-0.4, -0.2) is 16.5 Å². The lowest BCUT2D eigenvalue weighted by Crippen LogP contribution is -2.50. The van der Waals surface area contributed by atoms with E-state index in [1.165, 1.54) is 0 Å².